The molecule has 0 bridgehead atoms. The second-order valence-electron chi connectivity index (χ2n) is 19.2. The third-order valence-electron chi connectivity index (χ3n) is 13.0. The van der Waals surface area contributed by atoms with Crippen LogP contribution in [0.1, 0.15) is 259 Å². The quantitative estimate of drug-likeness (QED) is 0.0370. The highest BCUT2D eigenvalue weighted by Gasteiger charge is 2.14. The van der Waals surface area contributed by atoms with Crippen molar-refractivity contribution in [1.82, 2.24) is 9.80 Å². The predicted octanol–water partition coefficient (Wildman–Crippen LogP) is 15.2. The first-order valence-electron chi connectivity index (χ1n) is 27.4. The minimum Gasteiger partial charge on any atom is -0.465 e. The summed E-state index contributed by atoms with van der Waals surface area (Å²) < 4.78 is 11.7. The monoisotopic (exact) mass is 877 g/mol. The molecule has 0 spiro atoms. The molecule has 0 saturated carbocycles. The van der Waals surface area contributed by atoms with Crippen molar-refractivity contribution in [1.29, 1.82) is 0 Å². The van der Waals surface area contributed by atoms with Gasteiger partial charge in [0.05, 0.1) is 19.8 Å². The number of hydrogen-bond acceptors (Lipinski definition) is 7. The number of ether oxygens (including phenoxy) is 2. The van der Waals surface area contributed by atoms with Crippen molar-refractivity contribution < 1.29 is 24.2 Å². The van der Waals surface area contributed by atoms with Crippen molar-refractivity contribution in [3.8, 4) is 0 Å². The topological polar surface area (TPSA) is 79.3 Å². The fraction of sp³-hybridized carbons (Fsp3) is 0.927. The van der Waals surface area contributed by atoms with Crippen LogP contribution >= 0.6 is 0 Å². The van der Waals surface area contributed by atoms with E-state index in [0.717, 1.165) is 64.7 Å². The largest absolute Gasteiger partial charge is 0.465 e. The lowest BCUT2D eigenvalue weighted by Gasteiger charge is -2.20. The van der Waals surface area contributed by atoms with E-state index < -0.39 is 0 Å². The van der Waals surface area contributed by atoms with E-state index in [-0.39, 0.29) is 18.5 Å². The van der Waals surface area contributed by atoms with Crippen molar-refractivity contribution in [3.05, 3.63) is 12.2 Å². The van der Waals surface area contributed by atoms with E-state index in [9.17, 15) is 14.7 Å². The van der Waals surface area contributed by atoms with Gasteiger partial charge in [0.1, 0.15) is 0 Å². The Bertz CT molecular complexity index is 928. The summed E-state index contributed by atoms with van der Waals surface area (Å²) in [7, 11) is 2.16. The van der Waals surface area contributed by atoms with E-state index >= 15 is 0 Å². The van der Waals surface area contributed by atoms with E-state index in [2.05, 4.69) is 56.7 Å². The summed E-state index contributed by atoms with van der Waals surface area (Å²) >= 11 is 0. The van der Waals surface area contributed by atoms with E-state index in [0.29, 0.717) is 44.4 Å². The lowest BCUT2D eigenvalue weighted by molar-refractivity contribution is -0.146. The zero-order valence-corrected chi connectivity index (χ0v) is 42.4. The van der Waals surface area contributed by atoms with Gasteiger partial charge in [0.15, 0.2) is 0 Å². The smallest absolute Gasteiger partial charge is 0.305 e. The highest BCUT2D eigenvalue weighted by molar-refractivity contribution is 5.69. The van der Waals surface area contributed by atoms with Crippen LogP contribution in [0.5, 0.6) is 0 Å². The Labute approximate surface area is 387 Å². The number of likely N-dealkylation sites (N-methyl/N-ethyl adjacent to an activating group) is 1. The first kappa shape index (κ1) is 60.6. The first-order valence-corrected chi connectivity index (χ1v) is 27.4. The van der Waals surface area contributed by atoms with Gasteiger partial charge in [-0.1, -0.05) is 207 Å². The maximum absolute atomic E-state index is 12.7. The number of esters is 2. The summed E-state index contributed by atoms with van der Waals surface area (Å²) in [5.74, 6) is 1.00. The molecule has 0 aromatic rings. The molecule has 0 unspecified atom stereocenters. The zero-order chi connectivity index (χ0) is 45.4. The van der Waals surface area contributed by atoms with Crippen molar-refractivity contribution >= 4 is 11.9 Å². The number of nitrogens with zero attached hydrogens (tertiary/aromatic N) is 2. The maximum atomic E-state index is 12.7. The van der Waals surface area contributed by atoms with Crippen LogP contribution in [-0.2, 0) is 19.1 Å². The molecule has 368 valence electrons. The summed E-state index contributed by atoms with van der Waals surface area (Å²) in [5.41, 5.74) is 0. The molecule has 0 fully saturated rings. The van der Waals surface area contributed by atoms with Gasteiger partial charge in [-0.25, -0.2) is 0 Å². The predicted molar refractivity (Wildman–Crippen MR) is 268 cm³/mol. The molecule has 0 amide bonds. The molecule has 0 heterocycles. The Kier molecular flexibility index (Phi) is 47.9. The molecule has 7 nitrogen and oxygen atoms in total. The summed E-state index contributed by atoms with van der Waals surface area (Å²) in [4.78, 5) is 29.9. The number of aliphatic hydroxyl groups excluding tert-OH is 1. The van der Waals surface area contributed by atoms with Crippen LogP contribution in [0.4, 0.5) is 0 Å². The minimum atomic E-state index is -0.0287. The molecule has 7 heteroatoms. The van der Waals surface area contributed by atoms with Gasteiger partial charge in [0.25, 0.3) is 0 Å². The molecule has 0 aliphatic rings. The normalized spacial score (nSPS) is 12.0. The molecular weight excluding hydrogens is 769 g/mol. The third-order valence-corrected chi connectivity index (χ3v) is 13.0. The van der Waals surface area contributed by atoms with E-state index in [1.54, 1.807) is 0 Å². The molecule has 1 N–H and O–H groups in total. The molecule has 0 radical (unpaired) electrons. The standard InChI is InChI=1S/C55H108N2O5/c1-6-10-14-18-22-28-38-52(39-29-23-19-15-11-7-2)50-61-54(59)42-32-26-34-44-56(5)45-36-37-47-57(48-49-58)46-35-27-33-43-55(60)62-51-53(40-30-24-20-16-12-8-3)41-31-25-21-17-13-9-4/h36-37,52-53,58H,6-35,38-51H2,1-5H3/b37-36+. The van der Waals surface area contributed by atoms with Gasteiger partial charge in [-0.3, -0.25) is 14.5 Å². The molecule has 0 aliphatic carbocycles. The van der Waals surface area contributed by atoms with Gasteiger partial charge in [0, 0.05) is 32.5 Å². The summed E-state index contributed by atoms with van der Waals surface area (Å²) in [6.45, 7) is 14.8. The molecule has 0 saturated heterocycles. The Morgan fingerprint density at radius 2 is 0.774 bits per heavy atom. The van der Waals surface area contributed by atoms with E-state index in [1.165, 1.54) is 180 Å². The van der Waals surface area contributed by atoms with Gasteiger partial charge in [-0.2, -0.15) is 0 Å². The maximum Gasteiger partial charge on any atom is 0.305 e. The second-order valence-corrected chi connectivity index (χ2v) is 19.2. The lowest BCUT2D eigenvalue weighted by Crippen LogP contribution is -2.28. The summed E-state index contributed by atoms with van der Waals surface area (Å²) in [5, 5.41) is 9.65. The van der Waals surface area contributed by atoms with Gasteiger partial charge < -0.3 is 19.5 Å². The lowest BCUT2D eigenvalue weighted by atomic mass is 9.94. The molecule has 0 aliphatic heterocycles. The molecule has 0 atom stereocenters. The van der Waals surface area contributed by atoms with Gasteiger partial charge >= 0.3 is 11.9 Å². The van der Waals surface area contributed by atoms with Crippen molar-refractivity contribution in [3.63, 3.8) is 0 Å². The number of unbranched alkanes of at least 4 members (excludes halogenated alkanes) is 24. The van der Waals surface area contributed by atoms with Crippen molar-refractivity contribution in [2.75, 3.05) is 59.6 Å². The minimum absolute atomic E-state index is 0.0106. The fourth-order valence-corrected chi connectivity index (χ4v) is 8.66. The molecule has 0 rings (SSSR count). The van der Waals surface area contributed by atoms with E-state index in [1.807, 2.05) is 0 Å². The van der Waals surface area contributed by atoms with Crippen LogP contribution in [0.3, 0.4) is 0 Å². The summed E-state index contributed by atoms with van der Waals surface area (Å²) in [6, 6.07) is 0. The Balaban J connectivity index is 4.28. The van der Waals surface area contributed by atoms with Crippen molar-refractivity contribution in [2.45, 2.75) is 259 Å². The average Bonchev–Trinajstić information content (AvgIpc) is 3.27. The number of carbonyl (C=O) groups is 2. The number of carbonyl (C=O) groups excluding carboxylic acids is 2. The number of aliphatic hydroxyl groups is 1. The van der Waals surface area contributed by atoms with Gasteiger partial charge in [-0.15, -0.1) is 0 Å². The molecule has 62 heavy (non-hydrogen) atoms. The Hall–Kier alpha value is -1.44. The summed E-state index contributed by atoms with van der Waals surface area (Å²) in [6.07, 6.45) is 47.8. The van der Waals surface area contributed by atoms with Crippen LogP contribution in [0, 0.1) is 11.8 Å². The SMILES string of the molecule is CCCCCCCCC(CCCCCCCC)COC(=O)CCCCCN(C)C/C=C/CN(CCO)CCCCCC(=O)OCC(CCCCCCCC)CCCCCCCC. The number of hydrogen-bond donors (Lipinski definition) is 1. The molecular formula is C55H108N2O5. The van der Waals surface area contributed by atoms with Crippen LogP contribution in [0.2, 0.25) is 0 Å². The second kappa shape index (κ2) is 49.0. The van der Waals surface area contributed by atoms with Crippen LogP contribution < -0.4 is 0 Å². The highest BCUT2D eigenvalue weighted by atomic mass is 16.5. The van der Waals surface area contributed by atoms with Gasteiger partial charge in [-0.05, 0) is 83.3 Å². The van der Waals surface area contributed by atoms with Crippen LogP contribution in [0.15, 0.2) is 12.2 Å². The molecule has 0 aromatic heterocycles. The van der Waals surface area contributed by atoms with Crippen LogP contribution in [0.25, 0.3) is 0 Å². The van der Waals surface area contributed by atoms with Gasteiger partial charge in [0.2, 0.25) is 0 Å². The van der Waals surface area contributed by atoms with E-state index in [4.69, 9.17) is 9.47 Å². The third kappa shape index (κ3) is 43.8. The van der Waals surface area contributed by atoms with Crippen molar-refractivity contribution in [2.24, 2.45) is 11.8 Å². The first-order chi connectivity index (χ1) is 30.4. The molecule has 0 aromatic carbocycles. The Morgan fingerprint density at radius 3 is 1.16 bits per heavy atom. The Morgan fingerprint density at radius 1 is 0.435 bits per heavy atom. The van der Waals surface area contributed by atoms with Crippen LogP contribution in [-0.4, -0.2) is 86.4 Å². The average molecular weight is 877 g/mol. The number of rotatable bonds is 50. The highest BCUT2D eigenvalue weighted by Crippen LogP contribution is 2.22. The fourth-order valence-electron chi connectivity index (χ4n) is 8.66. The zero-order valence-electron chi connectivity index (χ0n) is 42.4.